The smallest absolute Gasteiger partial charge is 0.329 e. The molecule has 0 spiro atoms. The molecule has 0 aromatic heterocycles. The van der Waals surface area contributed by atoms with Gasteiger partial charge in [0.05, 0.1) is 0 Å². The van der Waals surface area contributed by atoms with Crippen LogP contribution < -0.4 is 0 Å². The van der Waals surface area contributed by atoms with E-state index in [0.717, 1.165) is 24.8 Å². The molecule has 2 aromatic carbocycles. The summed E-state index contributed by atoms with van der Waals surface area (Å²) in [5, 5.41) is 10.9. The topological polar surface area (TPSA) is 74.7 Å². The summed E-state index contributed by atoms with van der Waals surface area (Å²) in [7, 11) is 0. The van der Waals surface area contributed by atoms with Gasteiger partial charge in [-0.2, -0.15) is 0 Å². The molecule has 0 radical (unpaired) electrons. The number of carboxylic acid groups (broad SMARTS) is 1. The molecule has 37 heavy (non-hydrogen) atoms. The van der Waals surface area contributed by atoms with Crippen molar-refractivity contribution in [3.63, 3.8) is 0 Å². The second-order valence-electron chi connectivity index (χ2n) is 11.2. The highest BCUT2D eigenvalue weighted by molar-refractivity contribution is 6.38. The molecule has 2 aromatic rings. The van der Waals surface area contributed by atoms with Crippen LogP contribution in [0.3, 0.4) is 0 Å². The van der Waals surface area contributed by atoms with Crippen molar-refractivity contribution in [3.05, 3.63) is 71.8 Å². The molecule has 0 aliphatic carbocycles. The number of hydrogen-bond acceptors (Lipinski definition) is 3. The highest BCUT2D eigenvalue weighted by atomic mass is 16.4. The Labute approximate surface area is 222 Å². The van der Waals surface area contributed by atoms with Crippen LogP contribution in [0, 0.1) is 11.3 Å². The number of rotatable bonds is 12. The molecular weight excluding hydrogens is 462 g/mol. The highest BCUT2D eigenvalue weighted by Crippen LogP contribution is 2.46. The predicted octanol–water partition coefficient (Wildman–Crippen LogP) is 6.66. The summed E-state index contributed by atoms with van der Waals surface area (Å²) in [5.41, 5.74) is 0.0772. The zero-order valence-corrected chi connectivity index (χ0v) is 22.9. The van der Waals surface area contributed by atoms with Gasteiger partial charge in [-0.25, -0.2) is 4.79 Å². The van der Waals surface area contributed by atoms with E-state index >= 15 is 0 Å². The lowest BCUT2D eigenvalue weighted by Crippen LogP contribution is -2.66. The van der Waals surface area contributed by atoms with Gasteiger partial charge in [-0.05, 0) is 67.9 Å². The molecule has 5 nitrogen and oxygen atoms in total. The molecule has 1 fully saturated rings. The van der Waals surface area contributed by atoms with Crippen molar-refractivity contribution >= 4 is 17.7 Å². The second-order valence-corrected chi connectivity index (χ2v) is 11.2. The van der Waals surface area contributed by atoms with Crippen LogP contribution in [0.15, 0.2) is 60.7 Å². The number of Topliss-reactive ketones (excluding diaryl/α,β-unsaturated/α-hetero) is 1. The van der Waals surface area contributed by atoms with E-state index in [9.17, 15) is 19.5 Å². The Bertz CT molecular complexity index is 1050. The van der Waals surface area contributed by atoms with E-state index in [1.165, 1.54) is 10.5 Å². The summed E-state index contributed by atoms with van der Waals surface area (Å²) in [6.07, 6.45) is 5.38. The standard InChI is InChI=1S/C32H43NO4/c1-5-14-27(20-13-17-24-15-9-7-10-16-24)32(30(36)37)23-26(25-18-11-8-12-19-25)21-22-33(32)29(35)28(34)31(3,4)6-2/h7-12,15-16,18-19,26-27H,5-6,13-14,17,20-23H2,1-4H3,(H,36,37). The third-order valence-corrected chi connectivity index (χ3v) is 8.49. The van der Waals surface area contributed by atoms with Gasteiger partial charge < -0.3 is 10.0 Å². The predicted molar refractivity (Wildman–Crippen MR) is 147 cm³/mol. The van der Waals surface area contributed by atoms with Crippen LogP contribution in [-0.2, 0) is 20.8 Å². The van der Waals surface area contributed by atoms with Gasteiger partial charge in [0.15, 0.2) is 0 Å². The van der Waals surface area contributed by atoms with Crippen molar-refractivity contribution in [2.45, 2.75) is 90.5 Å². The molecule has 3 unspecified atom stereocenters. The quantitative estimate of drug-likeness (QED) is 0.327. The number of ketones is 1. The number of likely N-dealkylation sites (tertiary alicyclic amines) is 1. The number of aryl methyl sites for hydroxylation is 1. The van der Waals surface area contributed by atoms with Crippen molar-refractivity contribution in [2.24, 2.45) is 11.3 Å². The maximum atomic E-state index is 13.8. The van der Waals surface area contributed by atoms with Gasteiger partial charge in [-0.3, -0.25) is 9.59 Å². The lowest BCUT2D eigenvalue weighted by atomic mass is 9.67. The first-order valence-electron chi connectivity index (χ1n) is 13.9. The monoisotopic (exact) mass is 505 g/mol. The van der Waals surface area contributed by atoms with E-state index in [1.807, 2.05) is 55.5 Å². The first-order valence-corrected chi connectivity index (χ1v) is 13.9. The number of aliphatic carboxylic acids is 1. The molecule has 3 atom stereocenters. The van der Waals surface area contributed by atoms with E-state index < -0.39 is 28.6 Å². The van der Waals surface area contributed by atoms with Crippen LogP contribution in [0.5, 0.6) is 0 Å². The molecule has 3 rings (SSSR count). The molecule has 1 amide bonds. The lowest BCUT2D eigenvalue weighted by Gasteiger charge is -2.51. The minimum Gasteiger partial charge on any atom is -0.479 e. The van der Waals surface area contributed by atoms with E-state index in [0.29, 0.717) is 32.1 Å². The Hall–Kier alpha value is -2.95. The van der Waals surface area contributed by atoms with Gasteiger partial charge in [-0.15, -0.1) is 0 Å². The number of amides is 1. The van der Waals surface area contributed by atoms with Gasteiger partial charge in [0.2, 0.25) is 5.78 Å². The molecule has 1 heterocycles. The number of carbonyl (C=O) groups excluding carboxylic acids is 2. The largest absolute Gasteiger partial charge is 0.479 e. The van der Waals surface area contributed by atoms with Crippen LogP contribution in [0.1, 0.15) is 89.7 Å². The van der Waals surface area contributed by atoms with Gasteiger partial charge >= 0.3 is 5.97 Å². The molecule has 5 heteroatoms. The highest BCUT2D eigenvalue weighted by Gasteiger charge is 2.56. The van der Waals surface area contributed by atoms with Crippen molar-refractivity contribution in [1.82, 2.24) is 4.90 Å². The number of hydrogen-bond donors (Lipinski definition) is 1. The summed E-state index contributed by atoms with van der Waals surface area (Å²) in [4.78, 5) is 42.0. The van der Waals surface area contributed by atoms with Crippen LogP contribution in [-0.4, -0.2) is 39.7 Å². The maximum Gasteiger partial charge on any atom is 0.329 e. The molecule has 1 N–H and O–H groups in total. The zero-order chi connectivity index (χ0) is 27.1. The number of carboxylic acids is 1. The lowest BCUT2D eigenvalue weighted by molar-refractivity contribution is -0.172. The molecule has 0 bridgehead atoms. The zero-order valence-electron chi connectivity index (χ0n) is 22.9. The average Bonchev–Trinajstić information content (AvgIpc) is 2.92. The third-order valence-electron chi connectivity index (χ3n) is 8.49. The first kappa shape index (κ1) is 28.6. The number of nitrogens with zero attached hydrogens (tertiary/aromatic N) is 1. The maximum absolute atomic E-state index is 13.8. The Morgan fingerprint density at radius 1 is 1.00 bits per heavy atom. The van der Waals surface area contributed by atoms with Gasteiger partial charge in [0.1, 0.15) is 5.54 Å². The Morgan fingerprint density at radius 2 is 1.62 bits per heavy atom. The fourth-order valence-electron chi connectivity index (χ4n) is 5.87. The second kappa shape index (κ2) is 12.5. The van der Waals surface area contributed by atoms with E-state index in [4.69, 9.17) is 0 Å². The molecular formula is C32H43NO4. The Morgan fingerprint density at radius 3 is 2.19 bits per heavy atom. The summed E-state index contributed by atoms with van der Waals surface area (Å²) in [6.45, 7) is 7.77. The third kappa shape index (κ3) is 6.31. The fraction of sp³-hybridized carbons (Fsp3) is 0.531. The first-order chi connectivity index (χ1) is 17.7. The number of piperidine rings is 1. The Kier molecular flexibility index (Phi) is 9.69. The normalized spacial score (nSPS) is 20.9. The fourth-order valence-corrected chi connectivity index (χ4v) is 5.87. The molecule has 1 saturated heterocycles. The van der Waals surface area contributed by atoms with Gasteiger partial charge in [0, 0.05) is 12.0 Å². The van der Waals surface area contributed by atoms with Crippen molar-refractivity contribution in [3.8, 4) is 0 Å². The molecule has 0 saturated carbocycles. The summed E-state index contributed by atoms with van der Waals surface area (Å²) in [6, 6.07) is 20.2. The average molecular weight is 506 g/mol. The van der Waals surface area contributed by atoms with E-state index in [2.05, 4.69) is 19.1 Å². The van der Waals surface area contributed by atoms with Crippen molar-refractivity contribution < 1.29 is 19.5 Å². The van der Waals surface area contributed by atoms with Gasteiger partial charge in [-0.1, -0.05) is 94.8 Å². The SMILES string of the molecule is CCCC(CCCc1ccccc1)C1(C(=O)O)CC(c2ccccc2)CCN1C(=O)C(=O)C(C)(C)CC. The van der Waals surface area contributed by atoms with Crippen molar-refractivity contribution in [2.75, 3.05) is 6.54 Å². The minimum atomic E-state index is -1.41. The summed E-state index contributed by atoms with van der Waals surface area (Å²) < 4.78 is 0. The van der Waals surface area contributed by atoms with Crippen molar-refractivity contribution in [1.29, 1.82) is 0 Å². The molecule has 1 aliphatic heterocycles. The van der Waals surface area contributed by atoms with E-state index in [1.54, 1.807) is 13.8 Å². The number of carbonyl (C=O) groups is 3. The van der Waals surface area contributed by atoms with Crippen LogP contribution in [0.2, 0.25) is 0 Å². The van der Waals surface area contributed by atoms with Crippen LogP contribution in [0.25, 0.3) is 0 Å². The Balaban J connectivity index is 2.01. The minimum absolute atomic E-state index is 0.0177. The van der Waals surface area contributed by atoms with Crippen LogP contribution >= 0.6 is 0 Å². The summed E-state index contributed by atoms with van der Waals surface area (Å²) in [5.74, 6) is -2.33. The van der Waals surface area contributed by atoms with Crippen LogP contribution in [0.4, 0.5) is 0 Å². The van der Waals surface area contributed by atoms with E-state index in [-0.39, 0.29) is 18.4 Å². The summed E-state index contributed by atoms with van der Waals surface area (Å²) >= 11 is 0. The molecule has 1 aliphatic rings. The number of benzene rings is 2. The van der Waals surface area contributed by atoms with Gasteiger partial charge in [0.25, 0.3) is 5.91 Å². The molecule has 200 valence electrons.